The van der Waals surface area contributed by atoms with Crippen LogP contribution in [0.1, 0.15) is 17.4 Å². The van der Waals surface area contributed by atoms with Gasteiger partial charge in [-0.15, -0.1) is 17.5 Å². The molecule has 0 bridgehead atoms. The van der Waals surface area contributed by atoms with Crippen LogP contribution in [-0.2, 0) is 11.3 Å². The highest BCUT2D eigenvalue weighted by molar-refractivity contribution is 5.85. The average Bonchev–Trinajstić information content (AvgIpc) is 3.05. The highest BCUT2D eigenvalue weighted by Crippen LogP contribution is 2.28. The SMILES string of the molecule is COCCn1nnnc1C(c1ccc(F)cc1)N1CCN(C)CC1.Cl. The fraction of sp³-hybridized carbons (Fsp3) is 0.562. The largest absolute Gasteiger partial charge is 0.383 e. The summed E-state index contributed by atoms with van der Waals surface area (Å²) >= 11 is 0. The standard InChI is InChI=1S/C16H23FN6O.ClH/c1-21-7-9-22(10-8-21)15(13-3-5-14(17)6-4-13)16-18-19-20-23(16)11-12-24-2;/h3-6,15H,7-12H2,1-2H3;1H. The third-order valence-electron chi connectivity index (χ3n) is 4.40. The Morgan fingerprint density at radius 2 is 1.84 bits per heavy atom. The molecule has 1 unspecified atom stereocenters. The van der Waals surface area contributed by atoms with Gasteiger partial charge in [0.25, 0.3) is 0 Å². The van der Waals surface area contributed by atoms with E-state index in [1.54, 1.807) is 11.8 Å². The van der Waals surface area contributed by atoms with Crippen molar-refractivity contribution in [2.75, 3.05) is 46.9 Å². The van der Waals surface area contributed by atoms with Crippen LogP contribution in [0.4, 0.5) is 4.39 Å². The lowest BCUT2D eigenvalue weighted by Crippen LogP contribution is -2.46. The number of aromatic nitrogens is 4. The maximum Gasteiger partial charge on any atom is 0.173 e. The summed E-state index contributed by atoms with van der Waals surface area (Å²) in [5, 5.41) is 12.2. The monoisotopic (exact) mass is 370 g/mol. The fourth-order valence-corrected chi connectivity index (χ4v) is 2.99. The summed E-state index contributed by atoms with van der Waals surface area (Å²) in [4.78, 5) is 4.65. The van der Waals surface area contributed by atoms with Gasteiger partial charge >= 0.3 is 0 Å². The lowest BCUT2D eigenvalue weighted by molar-refractivity contribution is 0.119. The van der Waals surface area contributed by atoms with Crippen molar-refractivity contribution in [3.63, 3.8) is 0 Å². The van der Waals surface area contributed by atoms with Crippen molar-refractivity contribution in [1.29, 1.82) is 0 Å². The van der Waals surface area contributed by atoms with Crippen LogP contribution in [0.2, 0.25) is 0 Å². The van der Waals surface area contributed by atoms with Gasteiger partial charge in [-0.1, -0.05) is 12.1 Å². The second-order valence-corrected chi connectivity index (χ2v) is 6.05. The molecule has 9 heteroatoms. The zero-order chi connectivity index (χ0) is 16.9. The molecule has 1 aliphatic heterocycles. The van der Waals surface area contributed by atoms with Crippen molar-refractivity contribution in [3.05, 3.63) is 41.5 Å². The van der Waals surface area contributed by atoms with Crippen molar-refractivity contribution in [2.24, 2.45) is 0 Å². The molecule has 7 nitrogen and oxygen atoms in total. The molecule has 1 atom stereocenters. The molecule has 0 aliphatic carbocycles. The number of hydrogen-bond acceptors (Lipinski definition) is 6. The van der Waals surface area contributed by atoms with Gasteiger partial charge in [0.05, 0.1) is 19.2 Å². The maximum absolute atomic E-state index is 13.3. The van der Waals surface area contributed by atoms with Crippen LogP contribution in [0.25, 0.3) is 0 Å². The minimum atomic E-state index is -0.241. The van der Waals surface area contributed by atoms with E-state index in [-0.39, 0.29) is 24.3 Å². The zero-order valence-electron chi connectivity index (χ0n) is 14.5. The number of tetrazole rings is 1. The Morgan fingerprint density at radius 1 is 1.16 bits per heavy atom. The van der Waals surface area contributed by atoms with Crippen LogP contribution in [-0.4, -0.2) is 77.0 Å². The van der Waals surface area contributed by atoms with Gasteiger partial charge in [0.1, 0.15) is 5.82 Å². The second kappa shape index (κ2) is 9.19. The van der Waals surface area contributed by atoms with E-state index in [9.17, 15) is 4.39 Å². The smallest absolute Gasteiger partial charge is 0.173 e. The molecule has 1 aromatic carbocycles. The number of ether oxygens (including phenoxy) is 1. The average molecular weight is 371 g/mol. The molecule has 2 heterocycles. The zero-order valence-corrected chi connectivity index (χ0v) is 15.3. The molecule has 0 amide bonds. The number of piperazine rings is 1. The van der Waals surface area contributed by atoms with E-state index in [1.165, 1.54) is 12.1 Å². The quantitative estimate of drug-likeness (QED) is 0.762. The molecule has 0 N–H and O–H groups in total. The maximum atomic E-state index is 13.3. The van der Waals surface area contributed by atoms with Gasteiger partial charge in [-0.3, -0.25) is 4.90 Å². The highest BCUT2D eigenvalue weighted by atomic mass is 35.5. The number of methoxy groups -OCH3 is 1. The number of likely N-dealkylation sites (N-methyl/N-ethyl adjacent to an activating group) is 1. The number of hydrogen-bond donors (Lipinski definition) is 0. The third-order valence-corrected chi connectivity index (χ3v) is 4.40. The van der Waals surface area contributed by atoms with Gasteiger partial charge in [-0.05, 0) is 35.2 Å². The molecule has 25 heavy (non-hydrogen) atoms. The number of benzene rings is 1. The molecule has 0 saturated carbocycles. The Labute approximate surface area is 153 Å². The Hall–Kier alpha value is -1.61. The molecule has 1 aliphatic rings. The predicted octanol–water partition coefficient (Wildman–Crippen LogP) is 1.22. The van der Waals surface area contributed by atoms with Crippen LogP contribution in [0.5, 0.6) is 0 Å². The van der Waals surface area contributed by atoms with E-state index in [0.29, 0.717) is 13.2 Å². The molecule has 1 saturated heterocycles. The van der Waals surface area contributed by atoms with E-state index in [2.05, 4.69) is 32.4 Å². The van der Waals surface area contributed by atoms with Gasteiger partial charge < -0.3 is 9.64 Å². The van der Waals surface area contributed by atoms with E-state index in [1.807, 2.05) is 12.1 Å². The first-order valence-corrected chi connectivity index (χ1v) is 8.12. The molecule has 0 radical (unpaired) electrons. The van der Waals surface area contributed by atoms with Gasteiger partial charge in [-0.2, -0.15) is 0 Å². The van der Waals surface area contributed by atoms with Crippen molar-refractivity contribution in [3.8, 4) is 0 Å². The molecule has 0 spiro atoms. The molecule has 3 rings (SSSR count). The second-order valence-electron chi connectivity index (χ2n) is 6.05. The highest BCUT2D eigenvalue weighted by Gasteiger charge is 2.29. The van der Waals surface area contributed by atoms with Crippen LogP contribution in [0, 0.1) is 5.82 Å². The fourth-order valence-electron chi connectivity index (χ4n) is 2.99. The Kier molecular flexibility index (Phi) is 7.24. The summed E-state index contributed by atoms with van der Waals surface area (Å²) < 4.78 is 20.3. The summed E-state index contributed by atoms with van der Waals surface area (Å²) in [5.41, 5.74) is 0.995. The van der Waals surface area contributed by atoms with Crippen LogP contribution in [0.3, 0.4) is 0 Å². The molecule has 2 aromatic rings. The van der Waals surface area contributed by atoms with Crippen LogP contribution < -0.4 is 0 Å². The molecular weight excluding hydrogens is 347 g/mol. The lowest BCUT2D eigenvalue weighted by atomic mass is 10.0. The van der Waals surface area contributed by atoms with Crippen molar-refractivity contribution in [2.45, 2.75) is 12.6 Å². The topological polar surface area (TPSA) is 59.3 Å². The third kappa shape index (κ3) is 4.72. The minimum absolute atomic E-state index is 0. The summed E-state index contributed by atoms with van der Waals surface area (Å²) in [7, 11) is 3.77. The van der Waals surface area contributed by atoms with Crippen molar-refractivity contribution < 1.29 is 9.13 Å². The normalized spacial score (nSPS) is 17.2. The molecular formula is C16H24ClFN6O. The summed E-state index contributed by atoms with van der Waals surface area (Å²) in [6.45, 7) is 4.92. The molecule has 1 aromatic heterocycles. The van der Waals surface area contributed by atoms with Crippen molar-refractivity contribution >= 4 is 12.4 Å². The Morgan fingerprint density at radius 3 is 2.48 bits per heavy atom. The first-order valence-electron chi connectivity index (χ1n) is 8.12. The number of halogens is 2. The lowest BCUT2D eigenvalue weighted by Gasteiger charge is -2.37. The van der Waals surface area contributed by atoms with Gasteiger partial charge in [0.2, 0.25) is 0 Å². The van der Waals surface area contributed by atoms with Gasteiger partial charge in [0, 0.05) is 33.3 Å². The summed E-state index contributed by atoms with van der Waals surface area (Å²) in [5.74, 6) is 0.526. The van der Waals surface area contributed by atoms with Gasteiger partial charge in [0.15, 0.2) is 5.82 Å². The molecule has 1 fully saturated rings. The summed E-state index contributed by atoms with van der Waals surface area (Å²) in [6.07, 6.45) is 0. The van der Waals surface area contributed by atoms with Crippen LogP contribution >= 0.6 is 12.4 Å². The first kappa shape index (κ1) is 19.7. The van der Waals surface area contributed by atoms with E-state index >= 15 is 0 Å². The Balaban J connectivity index is 0.00000225. The number of nitrogens with zero attached hydrogens (tertiary/aromatic N) is 6. The van der Waals surface area contributed by atoms with E-state index < -0.39 is 0 Å². The summed E-state index contributed by atoms with van der Waals surface area (Å²) in [6, 6.07) is 6.51. The molecule has 138 valence electrons. The first-order chi connectivity index (χ1) is 11.7. The Bertz CT molecular complexity index is 644. The number of rotatable bonds is 6. The van der Waals surface area contributed by atoms with Gasteiger partial charge in [-0.25, -0.2) is 9.07 Å². The van der Waals surface area contributed by atoms with Crippen LogP contribution in [0.15, 0.2) is 24.3 Å². The van der Waals surface area contributed by atoms with E-state index in [4.69, 9.17) is 4.74 Å². The minimum Gasteiger partial charge on any atom is -0.383 e. The predicted molar refractivity (Wildman–Crippen MR) is 94.3 cm³/mol. The van der Waals surface area contributed by atoms with Crippen molar-refractivity contribution in [1.82, 2.24) is 30.0 Å². The van der Waals surface area contributed by atoms with E-state index in [0.717, 1.165) is 37.6 Å².